The lowest BCUT2D eigenvalue weighted by atomic mass is 10.1. The minimum Gasteiger partial charge on any atom is -0.469 e. The summed E-state index contributed by atoms with van der Waals surface area (Å²) in [6.45, 7) is 2.04. The Morgan fingerprint density at radius 1 is 1.57 bits per heavy atom. The number of nitrogens with zero attached hydrogens (tertiary/aromatic N) is 1. The predicted molar refractivity (Wildman–Crippen MR) is 80.1 cm³/mol. The number of furan rings is 1. The van der Waals surface area contributed by atoms with Crippen molar-refractivity contribution in [3.63, 3.8) is 0 Å². The number of methoxy groups -OCH3 is 1. The molecule has 0 amide bonds. The van der Waals surface area contributed by atoms with Crippen molar-refractivity contribution in [3.8, 4) is 0 Å². The summed E-state index contributed by atoms with van der Waals surface area (Å²) in [6.07, 6.45) is 4.83. The highest BCUT2D eigenvalue weighted by atomic mass is 16.5. The van der Waals surface area contributed by atoms with Crippen LogP contribution >= 0.6 is 0 Å². The Kier molecular flexibility index (Phi) is 4.81. The molecular formula is C15H19N3O3. The summed E-state index contributed by atoms with van der Waals surface area (Å²) in [4.78, 5) is 15.8. The Labute approximate surface area is 123 Å². The van der Waals surface area contributed by atoms with E-state index in [1.54, 1.807) is 12.3 Å². The highest BCUT2D eigenvalue weighted by Gasteiger charge is 2.13. The van der Waals surface area contributed by atoms with Crippen molar-refractivity contribution in [1.29, 1.82) is 0 Å². The van der Waals surface area contributed by atoms with E-state index in [0.717, 1.165) is 18.6 Å². The van der Waals surface area contributed by atoms with Crippen LogP contribution in [0.5, 0.6) is 0 Å². The quantitative estimate of drug-likeness (QED) is 0.794. The molecule has 2 rings (SSSR count). The van der Waals surface area contributed by atoms with Gasteiger partial charge in [0.25, 0.3) is 0 Å². The monoisotopic (exact) mass is 289 g/mol. The number of nitrogen functional groups attached to an aromatic ring is 1. The Morgan fingerprint density at radius 3 is 3.05 bits per heavy atom. The summed E-state index contributed by atoms with van der Waals surface area (Å²) in [7, 11) is 1.32. The zero-order valence-corrected chi connectivity index (χ0v) is 12.1. The molecule has 1 unspecified atom stereocenters. The van der Waals surface area contributed by atoms with Gasteiger partial charge in [0.1, 0.15) is 11.6 Å². The highest BCUT2D eigenvalue weighted by Crippen LogP contribution is 2.17. The topological polar surface area (TPSA) is 90.4 Å². The number of nitrogens with one attached hydrogen (secondary N) is 1. The molecule has 0 aromatic carbocycles. The number of anilines is 2. The van der Waals surface area contributed by atoms with Crippen molar-refractivity contribution >= 4 is 17.5 Å². The molecule has 1 atom stereocenters. The van der Waals surface area contributed by atoms with Crippen LogP contribution in [0.2, 0.25) is 0 Å². The van der Waals surface area contributed by atoms with Crippen molar-refractivity contribution in [2.24, 2.45) is 0 Å². The molecule has 0 radical (unpaired) electrons. The fourth-order valence-corrected chi connectivity index (χ4v) is 1.97. The van der Waals surface area contributed by atoms with Crippen LogP contribution in [0.25, 0.3) is 0 Å². The van der Waals surface area contributed by atoms with Crippen molar-refractivity contribution in [2.75, 3.05) is 18.2 Å². The van der Waals surface area contributed by atoms with Crippen LogP contribution in [0.15, 0.2) is 35.1 Å². The highest BCUT2D eigenvalue weighted by molar-refractivity contribution is 5.95. The molecule has 0 aliphatic rings. The molecule has 0 saturated carbocycles. The number of aryl methyl sites for hydroxylation is 1. The molecule has 6 heteroatoms. The smallest absolute Gasteiger partial charge is 0.340 e. The number of esters is 1. The molecule has 21 heavy (non-hydrogen) atoms. The molecule has 0 bridgehead atoms. The molecule has 112 valence electrons. The second-order valence-electron chi connectivity index (χ2n) is 4.81. The number of ether oxygens (including phenoxy) is 1. The summed E-state index contributed by atoms with van der Waals surface area (Å²) in [6, 6.07) is 5.60. The molecule has 0 fully saturated rings. The first-order valence-corrected chi connectivity index (χ1v) is 6.73. The number of hydrogen-bond donors (Lipinski definition) is 2. The maximum atomic E-state index is 11.6. The molecule has 6 nitrogen and oxygen atoms in total. The Bertz CT molecular complexity index is 596. The van der Waals surface area contributed by atoms with Gasteiger partial charge in [-0.15, -0.1) is 0 Å². The van der Waals surface area contributed by atoms with E-state index >= 15 is 0 Å². The Balaban J connectivity index is 1.97. The molecule has 0 saturated heterocycles. The second kappa shape index (κ2) is 6.78. The predicted octanol–water partition coefficient (Wildman–Crippen LogP) is 2.48. The largest absolute Gasteiger partial charge is 0.469 e. The molecule has 2 aromatic rings. The summed E-state index contributed by atoms with van der Waals surface area (Å²) in [5.41, 5.74) is 6.33. The average Bonchev–Trinajstić information content (AvgIpc) is 2.99. The lowest BCUT2D eigenvalue weighted by Crippen LogP contribution is -2.17. The van der Waals surface area contributed by atoms with Crippen LogP contribution < -0.4 is 11.1 Å². The summed E-state index contributed by atoms with van der Waals surface area (Å²) < 4.78 is 9.98. The van der Waals surface area contributed by atoms with Crippen molar-refractivity contribution in [1.82, 2.24) is 4.98 Å². The van der Waals surface area contributed by atoms with E-state index in [9.17, 15) is 4.79 Å². The third-order valence-corrected chi connectivity index (χ3v) is 3.14. The van der Waals surface area contributed by atoms with Crippen LogP contribution in [0.1, 0.15) is 29.5 Å². The van der Waals surface area contributed by atoms with Gasteiger partial charge in [-0.2, -0.15) is 0 Å². The van der Waals surface area contributed by atoms with Crippen LogP contribution in [-0.4, -0.2) is 24.1 Å². The first kappa shape index (κ1) is 14.9. The molecular weight excluding hydrogens is 270 g/mol. The lowest BCUT2D eigenvalue weighted by Gasteiger charge is -2.15. The fraction of sp³-hybridized carbons (Fsp3) is 0.333. The third kappa shape index (κ3) is 3.98. The van der Waals surface area contributed by atoms with Crippen LogP contribution in [0, 0.1) is 0 Å². The number of carbonyl (C=O) groups excluding carboxylic acids is 1. The van der Waals surface area contributed by atoms with Crippen molar-refractivity contribution in [3.05, 3.63) is 42.0 Å². The van der Waals surface area contributed by atoms with Crippen LogP contribution in [-0.2, 0) is 11.2 Å². The minimum absolute atomic E-state index is 0.178. The van der Waals surface area contributed by atoms with Crippen LogP contribution in [0.4, 0.5) is 11.5 Å². The van der Waals surface area contributed by atoms with Gasteiger partial charge in [-0.25, -0.2) is 9.78 Å². The minimum atomic E-state index is -0.471. The molecule has 0 aliphatic heterocycles. The molecule has 0 spiro atoms. The molecule has 2 heterocycles. The molecule has 0 aliphatic carbocycles. The van der Waals surface area contributed by atoms with Gasteiger partial charge in [0.2, 0.25) is 0 Å². The third-order valence-electron chi connectivity index (χ3n) is 3.14. The van der Waals surface area contributed by atoms with Gasteiger partial charge < -0.3 is 20.2 Å². The van der Waals surface area contributed by atoms with E-state index in [1.165, 1.54) is 13.3 Å². The summed E-state index contributed by atoms with van der Waals surface area (Å²) >= 11 is 0. The van der Waals surface area contributed by atoms with E-state index in [2.05, 4.69) is 15.0 Å². The van der Waals surface area contributed by atoms with Crippen LogP contribution in [0.3, 0.4) is 0 Å². The zero-order valence-electron chi connectivity index (χ0n) is 12.1. The van der Waals surface area contributed by atoms with Gasteiger partial charge in [0.15, 0.2) is 0 Å². The Morgan fingerprint density at radius 2 is 2.38 bits per heavy atom. The lowest BCUT2D eigenvalue weighted by molar-refractivity contribution is 0.0602. The maximum absolute atomic E-state index is 11.6. The summed E-state index contributed by atoms with van der Waals surface area (Å²) in [5, 5.41) is 3.23. The van der Waals surface area contributed by atoms with Gasteiger partial charge in [-0.3, -0.25) is 0 Å². The van der Waals surface area contributed by atoms with Gasteiger partial charge in [-0.1, -0.05) is 0 Å². The first-order valence-electron chi connectivity index (χ1n) is 6.73. The maximum Gasteiger partial charge on any atom is 0.340 e. The van der Waals surface area contributed by atoms with E-state index < -0.39 is 5.97 Å². The standard InChI is InChI=1S/C15H19N3O3/c1-10(5-6-11-4-3-7-21-11)18-14-8-12(15(19)20-2)13(16)9-17-14/h3-4,7-10H,5-6,16H2,1-2H3,(H,17,18). The van der Waals surface area contributed by atoms with Crippen molar-refractivity contribution in [2.45, 2.75) is 25.8 Å². The SMILES string of the molecule is COC(=O)c1cc(NC(C)CCc2ccco2)ncc1N. The van der Waals surface area contributed by atoms with Gasteiger partial charge in [0, 0.05) is 12.5 Å². The normalized spacial score (nSPS) is 11.9. The van der Waals surface area contributed by atoms with E-state index in [1.807, 2.05) is 19.1 Å². The second-order valence-corrected chi connectivity index (χ2v) is 4.81. The van der Waals surface area contributed by atoms with E-state index in [0.29, 0.717) is 17.1 Å². The fourth-order valence-electron chi connectivity index (χ4n) is 1.97. The molecule has 2 aromatic heterocycles. The number of aromatic nitrogens is 1. The first-order chi connectivity index (χ1) is 10.1. The van der Waals surface area contributed by atoms with Gasteiger partial charge in [0.05, 0.1) is 30.8 Å². The number of carbonyl (C=O) groups is 1. The number of nitrogens with two attached hydrogens (primary N) is 1. The number of rotatable bonds is 6. The van der Waals surface area contributed by atoms with E-state index in [4.69, 9.17) is 10.2 Å². The van der Waals surface area contributed by atoms with Crippen molar-refractivity contribution < 1.29 is 13.9 Å². The zero-order chi connectivity index (χ0) is 15.2. The Hall–Kier alpha value is -2.50. The molecule has 3 N–H and O–H groups in total. The van der Waals surface area contributed by atoms with Gasteiger partial charge in [-0.05, 0) is 31.5 Å². The van der Waals surface area contributed by atoms with E-state index in [-0.39, 0.29) is 6.04 Å². The van der Waals surface area contributed by atoms with Gasteiger partial charge >= 0.3 is 5.97 Å². The average molecular weight is 289 g/mol. The number of pyridine rings is 1. The number of hydrogen-bond acceptors (Lipinski definition) is 6. The summed E-state index contributed by atoms with van der Waals surface area (Å²) in [5.74, 6) is 1.07.